The molecule has 0 saturated carbocycles. The normalized spacial score (nSPS) is 12.9. The number of benzene rings is 4. The fourth-order valence-electron chi connectivity index (χ4n) is 3.64. The highest BCUT2D eigenvalue weighted by atomic mass is 33.1. The maximum absolute atomic E-state index is 13.4. The Morgan fingerprint density at radius 3 is 1.57 bits per heavy atom. The molecule has 2 nitrogen and oxygen atoms in total. The van der Waals surface area contributed by atoms with Crippen molar-refractivity contribution in [3.8, 4) is 5.75 Å². The summed E-state index contributed by atoms with van der Waals surface area (Å²) in [5, 5.41) is 0. The Labute approximate surface area is 274 Å². The molecule has 4 aromatic rings. The molecule has 0 aliphatic rings. The highest BCUT2D eigenvalue weighted by molar-refractivity contribution is 8.85. The Kier molecular flexibility index (Phi) is 12.0. The van der Waals surface area contributed by atoms with Crippen molar-refractivity contribution >= 4 is 54.8 Å². The maximum Gasteiger partial charge on any atom is 0.416 e. The molecule has 4 aromatic carbocycles. The fraction of sp³-hybridized carbons (Fsp3) is 0.194. The van der Waals surface area contributed by atoms with E-state index >= 15 is 0 Å². The first kappa shape index (κ1) is 36.0. The van der Waals surface area contributed by atoms with Crippen LogP contribution in [0.2, 0.25) is 0 Å². The summed E-state index contributed by atoms with van der Waals surface area (Å²) in [6.45, 7) is 1.85. The number of rotatable bonds is 10. The highest BCUT2D eigenvalue weighted by Gasteiger charge is 2.32. The average molecular weight is 724 g/mol. The van der Waals surface area contributed by atoms with Gasteiger partial charge in [-0.1, -0.05) is 79.1 Å². The van der Waals surface area contributed by atoms with Crippen LogP contribution in [-0.4, -0.2) is 10.5 Å². The van der Waals surface area contributed by atoms with Crippen LogP contribution in [0.3, 0.4) is 0 Å². The molecule has 0 N–H and O–H groups in total. The number of ether oxygens (including phenoxy) is 1. The van der Waals surface area contributed by atoms with Gasteiger partial charge in [-0.25, -0.2) is 4.99 Å². The van der Waals surface area contributed by atoms with E-state index in [4.69, 9.17) is 4.74 Å². The lowest BCUT2D eigenvalue weighted by Crippen LogP contribution is -2.14. The SMILES string of the molecule is Cc1ccc(/N=C(/CC(SSc2cccc(C(F)(F)F)c2)SSc2cccc(C(F)(F)F)c2)Oc2cccc(C(F)(F)F)c2)cc1. The van der Waals surface area contributed by atoms with E-state index in [-0.39, 0.29) is 27.9 Å². The second kappa shape index (κ2) is 15.3. The standard InChI is InChI=1S/C31H22F9NOS4/c1-19-11-13-23(14-12-19)41-27(42-24-8-2-5-20(15-24)29(32,33)34)18-28(45-43-25-9-3-6-21(16-25)30(35,36)37)46-44-26-10-4-7-22(17-26)31(38,39)40/h2-17,28H,18H2,1H3/b41-27-. The lowest BCUT2D eigenvalue weighted by molar-refractivity contribution is -0.138. The molecule has 0 heterocycles. The largest absolute Gasteiger partial charge is 0.443 e. The van der Waals surface area contributed by atoms with Crippen LogP contribution >= 0.6 is 43.2 Å². The fourth-order valence-corrected chi connectivity index (χ4v) is 9.45. The number of nitrogens with zero attached hydrogens (tertiary/aromatic N) is 1. The summed E-state index contributed by atoms with van der Waals surface area (Å²) < 4.78 is 125. The molecule has 0 aliphatic carbocycles. The van der Waals surface area contributed by atoms with Gasteiger partial charge in [0.1, 0.15) is 5.75 Å². The van der Waals surface area contributed by atoms with Crippen molar-refractivity contribution in [3.05, 3.63) is 119 Å². The lowest BCUT2D eigenvalue weighted by atomic mass is 10.2. The molecule has 0 fully saturated rings. The van der Waals surface area contributed by atoms with Gasteiger partial charge in [0.15, 0.2) is 5.90 Å². The lowest BCUT2D eigenvalue weighted by Gasteiger charge is -2.18. The number of halogens is 9. The molecule has 0 amide bonds. The minimum absolute atomic E-state index is 0.0116. The van der Waals surface area contributed by atoms with E-state index in [1.807, 2.05) is 6.92 Å². The van der Waals surface area contributed by atoms with Gasteiger partial charge in [-0.05, 0) is 73.7 Å². The minimum atomic E-state index is -4.63. The smallest absolute Gasteiger partial charge is 0.416 e. The third-order valence-corrected chi connectivity index (χ3v) is 12.1. The van der Waals surface area contributed by atoms with E-state index in [2.05, 4.69) is 4.99 Å². The Morgan fingerprint density at radius 1 is 0.630 bits per heavy atom. The molecule has 0 unspecified atom stereocenters. The van der Waals surface area contributed by atoms with Gasteiger partial charge in [0.05, 0.1) is 27.0 Å². The quantitative estimate of drug-likeness (QED) is 0.0532. The molecule has 0 aliphatic heterocycles. The van der Waals surface area contributed by atoms with Gasteiger partial charge in [-0.15, -0.1) is 0 Å². The first-order valence-corrected chi connectivity index (χ1v) is 17.5. The second-order valence-corrected chi connectivity index (χ2v) is 14.8. The van der Waals surface area contributed by atoms with Crippen molar-refractivity contribution in [1.29, 1.82) is 0 Å². The molecule has 0 aromatic heterocycles. The molecule has 244 valence electrons. The van der Waals surface area contributed by atoms with Gasteiger partial charge < -0.3 is 4.74 Å². The maximum atomic E-state index is 13.4. The van der Waals surface area contributed by atoms with E-state index in [9.17, 15) is 39.5 Å². The topological polar surface area (TPSA) is 21.6 Å². The summed E-state index contributed by atoms with van der Waals surface area (Å²) in [5.74, 6) is -0.159. The third kappa shape index (κ3) is 11.1. The van der Waals surface area contributed by atoms with Crippen LogP contribution in [0.15, 0.2) is 112 Å². The molecular weight excluding hydrogens is 702 g/mol. The summed E-state index contributed by atoms with van der Waals surface area (Å²) in [6.07, 6.45) is -13.8. The number of alkyl halides is 9. The zero-order chi connectivity index (χ0) is 33.5. The van der Waals surface area contributed by atoms with Crippen LogP contribution in [0.1, 0.15) is 28.7 Å². The molecule has 15 heteroatoms. The van der Waals surface area contributed by atoms with E-state index < -0.39 is 39.8 Å². The Balaban J connectivity index is 1.64. The van der Waals surface area contributed by atoms with Crippen molar-refractivity contribution < 1.29 is 44.3 Å². The molecule has 0 spiro atoms. The predicted octanol–water partition coefficient (Wildman–Crippen LogP) is 12.8. The van der Waals surface area contributed by atoms with Gasteiger partial charge >= 0.3 is 18.5 Å². The van der Waals surface area contributed by atoms with Crippen molar-refractivity contribution in [1.82, 2.24) is 0 Å². The number of aliphatic imine (C=N–C) groups is 1. The zero-order valence-electron chi connectivity index (χ0n) is 23.4. The van der Waals surface area contributed by atoms with Gasteiger partial charge in [-0.3, -0.25) is 0 Å². The second-order valence-electron chi connectivity index (χ2n) is 9.51. The monoisotopic (exact) mass is 723 g/mol. The zero-order valence-corrected chi connectivity index (χ0v) is 26.7. The van der Waals surface area contributed by atoms with Crippen LogP contribution in [0.25, 0.3) is 0 Å². The number of hydrogen-bond donors (Lipinski definition) is 0. The Morgan fingerprint density at radius 2 is 1.09 bits per heavy atom. The molecule has 0 radical (unpaired) electrons. The molecule has 4 rings (SSSR count). The first-order chi connectivity index (χ1) is 21.6. The predicted molar refractivity (Wildman–Crippen MR) is 169 cm³/mol. The van der Waals surface area contributed by atoms with E-state index in [0.717, 1.165) is 85.1 Å². The number of aryl methyl sites for hydroxylation is 1. The van der Waals surface area contributed by atoms with Crippen LogP contribution < -0.4 is 4.74 Å². The Hall–Kier alpha value is -2.88. The summed E-state index contributed by atoms with van der Waals surface area (Å²) in [7, 11) is 4.24. The summed E-state index contributed by atoms with van der Waals surface area (Å²) in [5.41, 5.74) is -1.29. The molecule has 0 bridgehead atoms. The third-order valence-electron chi connectivity index (χ3n) is 5.85. The van der Waals surface area contributed by atoms with Crippen molar-refractivity contribution in [3.63, 3.8) is 0 Å². The summed E-state index contributed by atoms with van der Waals surface area (Å²) in [4.78, 5) is 5.04. The van der Waals surface area contributed by atoms with Gasteiger partial charge in [-0.2, -0.15) is 39.5 Å². The summed E-state index contributed by atoms with van der Waals surface area (Å²) in [6, 6.07) is 20.4. The van der Waals surface area contributed by atoms with Crippen molar-refractivity contribution in [2.75, 3.05) is 0 Å². The van der Waals surface area contributed by atoms with Crippen LogP contribution in [-0.2, 0) is 18.5 Å². The van der Waals surface area contributed by atoms with Crippen molar-refractivity contribution in [2.24, 2.45) is 4.99 Å². The highest BCUT2D eigenvalue weighted by Crippen LogP contribution is 2.48. The number of hydrogen-bond acceptors (Lipinski definition) is 6. The minimum Gasteiger partial charge on any atom is -0.443 e. The van der Waals surface area contributed by atoms with Gasteiger partial charge in [0.25, 0.3) is 0 Å². The van der Waals surface area contributed by atoms with Crippen LogP contribution in [0.4, 0.5) is 45.2 Å². The molecule has 46 heavy (non-hydrogen) atoms. The average Bonchev–Trinajstić information content (AvgIpc) is 2.99. The molecular formula is C31H22F9NOS4. The van der Waals surface area contributed by atoms with E-state index in [0.29, 0.717) is 5.69 Å². The van der Waals surface area contributed by atoms with Gasteiger partial charge in [0.2, 0.25) is 0 Å². The summed E-state index contributed by atoms with van der Waals surface area (Å²) >= 11 is 0. The van der Waals surface area contributed by atoms with Gasteiger partial charge in [0, 0.05) is 16.2 Å². The Bertz CT molecular complexity index is 1580. The molecule has 0 atom stereocenters. The van der Waals surface area contributed by atoms with E-state index in [1.165, 1.54) is 36.4 Å². The van der Waals surface area contributed by atoms with Crippen LogP contribution in [0, 0.1) is 6.92 Å². The molecule has 0 saturated heterocycles. The van der Waals surface area contributed by atoms with E-state index in [1.54, 1.807) is 24.3 Å². The first-order valence-electron chi connectivity index (χ1n) is 13.1. The van der Waals surface area contributed by atoms with Crippen molar-refractivity contribution in [2.45, 2.75) is 46.2 Å². The van der Waals surface area contributed by atoms with Crippen LogP contribution in [0.5, 0.6) is 5.75 Å².